The maximum absolute atomic E-state index is 12.4. The quantitative estimate of drug-likeness (QED) is 0.0723. The number of aliphatic hydroxyl groups excluding tert-OH is 11. The summed E-state index contributed by atoms with van der Waals surface area (Å²) >= 11 is 0. The number of nitrogens with one attached hydrogen (secondary N) is 2. The standard InChI is InChI=1S/C28H49N2O24P/c1-7(34)29-13-17(38)15(36)9(3-31)49-26(13)52-23-12(6-47-55(44,45)46)51-27(14(18(23)39)30-8(2)35)54-24-16(37)10(4-32)50-28(21(24)42)53-22-11(5-33)48-25(43)20(41)19(22)40/h9-28,31-33,36-43H,3-6H2,1-2H3,(H,29,34)(H,30,35)(H2,44,45,46)/t9-,10-,11-,12-,13-,14-,15+,16-,17-,18-,19-,20-,21+,22-,23-,24+,25-,26+,27+,28+/m1/s1. The smallest absolute Gasteiger partial charge is 0.394 e. The zero-order chi connectivity index (χ0) is 41.1. The molecule has 0 unspecified atom stereocenters. The summed E-state index contributed by atoms with van der Waals surface area (Å²) < 4.78 is 55.5. The fourth-order valence-electron chi connectivity index (χ4n) is 6.51. The molecule has 320 valence electrons. The number of phosphoric ester groups is 1. The summed E-state index contributed by atoms with van der Waals surface area (Å²) in [7, 11) is -5.30. The number of amides is 2. The summed E-state index contributed by atoms with van der Waals surface area (Å²) in [5, 5.41) is 120. The number of hydrogen-bond donors (Lipinski definition) is 15. The number of rotatable bonds is 14. The van der Waals surface area contributed by atoms with Gasteiger partial charge >= 0.3 is 7.82 Å². The molecule has 0 aromatic carbocycles. The third-order valence-corrected chi connectivity index (χ3v) is 9.72. The number of ether oxygens (including phenoxy) is 7. The van der Waals surface area contributed by atoms with Crippen LogP contribution in [0.2, 0.25) is 0 Å². The van der Waals surface area contributed by atoms with Crippen molar-refractivity contribution in [3.05, 3.63) is 0 Å². The maximum atomic E-state index is 12.4. The van der Waals surface area contributed by atoms with Crippen LogP contribution in [-0.4, -0.2) is 227 Å². The van der Waals surface area contributed by atoms with Gasteiger partial charge in [-0.05, 0) is 0 Å². The molecule has 20 atom stereocenters. The van der Waals surface area contributed by atoms with Gasteiger partial charge in [0.1, 0.15) is 97.5 Å². The van der Waals surface area contributed by atoms with Gasteiger partial charge in [-0.15, -0.1) is 0 Å². The zero-order valence-electron chi connectivity index (χ0n) is 29.1. The second kappa shape index (κ2) is 19.4. The maximum Gasteiger partial charge on any atom is 0.469 e. The number of aliphatic hydroxyl groups is 11. The van der Waals surface area contributed by atoms with Crippen LogP contribution in [0.25, 0.3) is 0 Å². The molecular weight excluding hydrogens is 779 g/mol. The first-order valence-electron chi connectivity index (χ1n) is 16.8. The summed E-state index contributed by atoms with van der Waals surface area (Å²) in [6, 6.07) is -3.37. The van der Waals surface area contributed by atoms with Gasteiger partial charge in [0.2, 0.25) is 11.8 Å². The molecular formula is C28H49N2O24P. The summed E-state index contributed by atoms with van der Waals surface area (Å²) in [5.41, 5.74) is 0. The zero-order valence-corrected chi connectivity index (χ0v) is 30.0. The monoisotopic (exact) mass is 828 g/mol. The van der Waals surface area contributed by atoms with E-state index in [4.69, 9.17) is 33.2 Å². The van der Waals surface area contributed by atoms with Crippen LogP contribution >= 0.6 is 7.82 Å². The lowest BCUT2D eigenvalue weighted by molar-refractivity contribution is -0.377. The molecule has 55 heavy (non-hydrogen) atoms. The first kappa shape index (κ1) is 46.0. The topological polar surface area (TPSA) is 412 Å². The van der Waals surface area contributed by atoms with E-state index in [-0.39, 0.29) is 0 Å². The number of carbonyl (C=O) groups excluding carboxylic acids is 2. The Hall–Kier alpha value is -1.67. The van der Waals surface area contributed by atoms with Crippen LogP contribution in [0.4, 0.5) is 0 Å². The van der Waals surface area contributed by atoms with Crippen LogP contribution in [0.5, 0.6) is 0 Å². The Morgan fingerprint density at radius 2 is 1.00 bits per heavy atom. The van der Waals surface area contributed by atoms with Gasteiger partial charge in [-0.1, -0.05) is 0 Å². The van der Waals surface area contributed by atoms with Crippen LogP contribution in [-0.2, 0) is 51.8 Å². The molecule has 0 aliphatic carbocycles. The lowest BCUT2D eigenvalue weighted by Crippen LogP contribution is -2.70. The largest absolute Gasteiger partial charge is 0.469 e. The van der Waals surface area contributed by atoms with Gasteiger partial charge in [-0.2, -0.15) is 0 Å². The van der Waals surface area contributed by atoms with Crippen molar-refractivity contribution in [2.45, 2.75) is 137 Å². The lowest BCUT2D eigenvalue weighted by atomic mass is 9.94. The van der Waals surface area contributed by atoms with Gasteiger partial charge in [0.05, 0.1) is 26.4 Å². The normalized spacial score (nSPS) is 45.5. The van der Waals surface area contributed by atoms with Gasteiger partial charge in [-0.3, -0.25) is 14.1 Å². The van der Waals surface area contributed by atoms with E-state index in [2.05, 4.69) is 15.2 Å². The van der Waals surface area contributed by atoms with E-state index in [1.165, 1.54) is 0 Å². The summed E-state index contributed by atoms with van der Waals surface area (Å²) in [5.74, 6) is -1.61. The van der Waals surface area contributed by atoms with E-state index in [1.807, 2.05) is 0 Å². The summed E-state index contributed by atoms with van der Waals surface area (Å²) in [6.07, 6.45) is -33.6. The minimum Gasteiger partial charge on any atom is -0.394 e. The van der Waals surface area contributed by atoms with Gasteiger partial charge in [0.25, 0.3) is 0 Å². The van der Waals surface area contributed by atoms with E-state index in [1.54, 1.807) is 0 Å². The summed E-state index contributed by atoms with van der Waals surface area (Å²) in [6.45, 7) is -1.82. The third-order valence-electron chi connectivity index (χ3n) is 9.24. The van der Waals surface area contributed by atoms with Gasteiger partial charge in [-0.25, -0.2) is 4.57 Å². The molecule has 0 aromatic rings. The van der Waals surface area contributed by atoms with Gasteiger partial charge in [0.15, 0.2) is 25.2 Å². The van der Waals surface area contributed by atoms with Crippen molar-refractivity contribution in [2.24, 2.45) is 0 Å². The average molecular weight is 829 g/mol. The first-order chi connectivity index (χ1) is 25.7. The Morgan fingerprint density at radius 3 is 1.53 bits per heavy atom. The van der Waals surface area contributed by atoms with Crippen LogP contribution in [0, 0.1) is 0 Å². The fraction of sp³-hybridized carbons (Fsp3) is 0.929. The second-order valence-corrected chi connectivity index (χ2v) is 14.5. The van der Waals surface area contributed by atoms with E-state index < -0.39 is 169 Å². The van der Waals surface area contributed by atoms with Crippen molar-refractivity contribution in [1.82, 2.24) is 10.6 Å². The minimum atomic E-state index is -5.30. The van der Waals surface area contributed by atoms with Crippen LogP contribution in [0.3, 0.4) is 0 Å². The predicted molar refractivity (Wildman–Crippen MR) is 168 cm³/mol. The molecule has 27 heteroatoms. The molecule has 4 aliphatic heterocycles. The Morgan fingerprint density at radius 1 is 0.545 bits per heavy atom. The highest BCUT2D eigenvalue weighted by Crippen LogP contribution is 2.39. The summed E-state index contributed by atoms with van der Waals surface area (Å²) in [4.78, 5) is 43.3. The molecule has 26 nitrogen and oxygen atoms in total. The van der Waals surface area contributed by atoms with Crippen molar-refractivity contribution >= 4 is 19.6 Å². The van der Waals surface area contributed by atoms with Crippen molar-refractivity contribution < 1.29 is 118 Å². The van der Waals surface area contributed by atoms with E-state index in [0.717, 1.165) is 13.8 Å². The van der Waals surface area contributed by atoms with Crippen LogP contribution < -0.4 is 10.6 Å². The van der Waals surface area contributed by atoms with E-state index >= 15 is 0 Å². The van der Waals surface area contributed by atoms with Crippen molar-refractivity contribution in [3.63, 3.8) is 0 Å². The highest BCUT2D eigenvalue weighted by atomic mass is 31.2. The SMILES string of the molecule is CC(=O)N[C@H]1[C@H](O[C@@H]2[C@H](O)[C@H](O[C@H]3[C@H](O)[C@@H](O)[C@H](O)O[C@@H]3CO)O[C@H](CO)[C@H]2O)O[C@H](COP(=O)(O)O)[C@@H](O[C@@H]2O[C@H](CO)[C@H](O)[C@H](O)[C@H]2NC(C)=O)[C@@H]1O. The Bertz CT molecular complexity index is 1310. The molecule has 0 radical (unpaired) electrons. The number of hydrogen-bond acceptors (Lipinski definition) is 22. The Kier molecular flexibility index (Phi) is 16.2. The van der Waals surface area contributed by atoms with Crippen molar-refractivity contribution in [3.8, 4) is 0 Å². The van der Waals surface area contributed by atoms with Crippen LogP contribution in [0.15, 0.2) is 0 Å². The molecule has 0 bridgehead atoms. The molecule has 15 N–H and O–H groups in total. The fourth-order valence-corrected chi connectivity index (χ4v) is 6.85. The molecule has 4 aliphatic rings. The lowest BCUT2D eigenvalue weighted by Gasteiger charge is -2.50. The molecule has 4 heterocycles. The highest BCUT2D eigenvalue weighted by molar-refractivity contribution is 7.46. The van der Waals surface area contributed by atoms with Gasteiger partial charge in [0, 0.05) is 13.8 Å². The molecule has 0 saturated carbocycles. The number of phosphoric acid groups is 1. The van der Waals surface area contributed by atoms with Crippen molar-refractivity contribution in [1.29, 1.82) is 0 Å². The first-order valence-corrected chi connectivity index (χ1v) is 18.4. The number of carbonyl (C=O) groups is 2. The highest BCUT2D eigenvalue weighted by Gasteiger charge is 2.56. The minimum absolute atomic E-state index is 0.759. The molecule has 4 saturated heterocycles. The van der Waals surface area contributed by atoms with Gasteiger partial charge < -0.3 is 110 Å². The molecule has 4 rings (SSSR count). The Balaban J connectivity index is 1.66. The third kappa shape index (κ3) is 10.9. The second-order valence-electron chi connectivity index (χ2n) is 13.2. The average Bonchev–Trinajstić information content (AvgIpc) is 3.11. The molecule has 4 fully saturated rings. The van der Waals surface area contributed by atoms with Crippen LogP contribution in [0.1, 0.15) is 13.8 Å². The Labute approximate surface area is 311 Å². The molecule has 0 spiro atoms. The molecule has 2 amide bonds. The molecule has 0 aromatic heterocycles. The predicted octanol–water partition coefficient (Wildman–Crippen LogP) is -9.34. The van der Waals surface area contributed by atoms with Crippen molar-refractivity contribution in [2.75, 3.05) is 26.4 Å². The van der Waals surface area contributed by atoms with E-state index in [0.29, 0.717) is 0 Å². The van der Waals surface area contributed by atoms with E-state index in [9.17, 15) is 80.1 Å².